The van der Waals surface area contributed by atoms with Crippen molar-refractivity contribution in [2.75, 3.05) is 56.2 Å². The third-order valence-corrected chi connectivity index (χ3v) is 8.87. The molecule has 2 saturated heterocycles. The Morgan fingerprint density at radius 1 is 1.11 bits per heavy atom. The predicted octanol–water partition coefficient (Wildman–Crippen LogP) is 2.63. The van der Waals surface area contributed by atoms with Crippen LogP contribution in [0.2, 0.25) is 0 Å². The Morgan fingerprint density at radius 2 is 1.96 bits per heavy atom. The van der Waals surface area contributed by atoms with E-state index in [1.165, 1.54) is 6.08 Å². The van der Waals surface area contributed by atoms with Gasteiger partial charge in [-0.1, -0.05) is 30.8 Å². The summed E-state index contributed by atoms with van der Waals surface area (Å²) in [6.45, 7) is 7.66. The van der Waals surface area contributed by atoms with Crippen LogP contribution in [0.5, 0.6) is 11.9 Å². The Balaban J connectivity index is 1.35. The van der Waals surface area contributed by atoms with Crippen LogP contribution in [0, 0.1) is 11.3 Å². The topological polar surface area (TPSA) is 154 Å². The summed E-state index contributed by atoms with van der Waals surface area (Å²) in [5, 5.41) is 11.3. The van der Waals surface area contributed by atoms with Gasteiger partial charge in [0.25, 0.3) is 0 Å². The SMILES string of the molecule is C=CC(=O)N1CCN(c2nc(OC[C@@H]3CCCN3C)nc3c2CCN(c2nc(OC(N)=O)cc4ccccc24)C3)C[C@@H]1CC#N. The van der Waals surface area contributed by atoms with E-state index in [0.29, 0.717) is 63.6 Å². The van der Waals surface area contributed by atoms with Crippen molar-refractivity contribution in [2.24, 2.45) is 5.73 Å². The van der Waals surface area contributed by atoms with E-state index in [9.17, 15) is 14.9 Å². The quantitative estimate of drug-likeness (QED) is 0.374. The number of likely N-dealkylation sites (N-methyl/N-ethyl adjacent to an activating group) is 1. The molecule has 2 fully saturated rings. The lowest BCUT2D eigenvalue weighted by atomic mass is 10.0. The summed E-state index contributed by atoms with van der Waals surface area (Å²) in [6, 6.07) is 12.0. The van der Waals surface area contributed by atoms with Crippen LogP contribution in [0.25, 0.3) is 10.8 Å². The normalized spacial score (nSPS) is 20.0. The molecule has 1 aromatic carbocycles. The van der Waals surface area contributed by atoms with Crippen molar-refractivity contribution in [3.63, 3.8) is 0 Å². The van der Waals surface area contributed by atoms with Gasteiger partial charge in [0.1, 0.15) is 18.2 Å². The van der Waals surface area contributed by atoms with Gasteiger partial charge in [-0.05, 0) is 44.3 Å². The number of nitrogens with zero attached hydrogens (tertiary/aromatic N) is 8. The number of carbonyl (C=O) groups excluding carboxylic acids is 2. The monoisotopic (exact) mass is 611 g/mol. The van der Waals surface area contributed by atoms with Crippen molar-refractivity contribution in [3.8, 4) is 18.0 Å². The summed E-state index contributed by atoms with van der Waals surface area (Å²) in [7, 11) is 2.10. The van der Waals surface area contributed by atoms with Gasteiger partial charge in [0, 0.05) is 49.2 Å². The lowest BCUT2D eigenvalue weighted by Gasteiger charge is -2.42. The minimum absolute atomic E-state index is 0.130. The fourth-order valence-corrected chi connectivity index (χ4v) is 6.54. The van der Waals surface area contributed by atoms with Gasteiger partial charge in [0.05, 0.1) is 30.8 Å². The van der Waals surface area contributed by atoms with E-state index in [0.717, 1.165) is 47.2 Å². The summed E-state index contributed by atoms with van der Waals surface area (Å²) in [6.07, 6.45) is 3.39. The summed E-state index contributed by atoms with van der Waals surface area (Å²) in [5.74, 6) is 1.38. The number of carbonyl (C=O) groups is 2. The molecule has 45 heavy (non-hydrogen) atoms. The second kappa shape index (κ2) is 13.0. The molecule has 2 atom stereocenters. The molecule has 0 aliphatic carbocycles. The first kappa shape index (κ1) is 30.1. The van der Waals surface area contributed by atoms with Crippen LogP contribution in [-0.2, 0) is 17.8 Å². The number of ether oxygens (including phenoxy) is 2. The fraction of sp³-hybridized carbons (Fsp3) is 0.438. The van der Waals surface area contributed by atoms with Crippen molar-refractivity contribution in [1.29, 1.82) is 5.26 Å². The Bertz CT molecular complexity index is 1660. The van der Waals surface area contributed by atoms with Crippen molar-refractivity contribution in [2.45, 2.75) is 44.3 Å². The highest BCUT2D eigenvalue weighted by Gasteiger charge is 2.34. The molecule has 234 valence electrons. The number of piperazine rings is 1. The Kier molecular flexibility index (Phi) is 8.66. The molecular formula is C32H37N9O4. The highest BCUT2D eigenvalue weighted by Crippen LogP contribution is 2.35. The van der Waals surface area contributed by atoms with Crippen LogP contribution in [-0.4, -0.2) is 95.2 Å². The molecule has 0 spiro atoms. The average molecular weight is 612 g/mol. The molecule has 2 aromatic heterocycles. The minimum Gasteiger partial charge on any atom is -0.462 e. The fourth-order valence-electron chi connectivity index (χ4n) is 6.54. The minimum atomic E-state index is -0.926. The lowest BCUT2D eigenvalue weighted by molar-refractivity contribution is -0.128. The Morgan fingerprint density at radius 3 is 2.71 bits per heavy atom. The smallest absolute Gasteiger partial charge is 0.411 e. The Labute approximate surface area is 261 Å². The number of amides is 2. The van der Waals surface area contributed by atoms with Crippen LogP contribution >= 0.6 is 0 Å². The van der Waals surface area contributed by atoms with Gasteiger partial charge >= 0.3 is 12.1 Å². The van der Waals surface area contributed by atoms with E-state index in [1.807, 2.05) is 24.3 Å². The molecule has 13 heteroatoms. The molecule has 5 heterocycles. The molecule has 2 amide bonds. The maximum absolute atomic E-state index is 12.6. The third kappa shape index (κ3) is 6.32. The molecule has 2 N–H and O–H groups in total. The van der Waals surface area contributed by atoms with E-state index in [4.69, 9.17) is 25.2 Å². The first-order valence-electron chi connectivity index (χ1n) is 15.2. The second-order valence-corrected chi connectivity index (χ2v) is 11.6. The molecule has 0 saturated carbocycles. The van der Waals surface area contributed by atoms with Gasteiger partial charge in [-0.15, -0.1) is 0 Å². The van der Waals surface area contributed by atoms with E-state index in [1.54, 1.807) is 11.0 Å². The number of hydrogen-bond donors (Lipinski definition) is 1. The maximum atomic E-state index is 12.6. The number of primary amides is 1. The molecule has 0 radical (unpaired) electrons. The van der Waals surface area contributed by atoms with Crippen LogP contribution in [0.15, 0.2) is 43.0 Å². The van der Waals surface area contributed by atoms with Gasteiger partial charge in [0.15, 0.2) is 0 Å². The molecule has 3 aliphatic rings. The van der Waals surface area contributed by atoms with Crippen LogP contribution in [0.1, 0.15) is 30.5 Å². The van der Waals surface area contributed by atoms with Gasteiger partial charge in [-0.2, -0.15) is 20.2 Å². The van der Waals surface area contributed by atoms with Crippen LogP contribution in [0.4, 0.5) is 16.4 Å². The van der Waals surface area contributed by atoms with Gasteiger partial charge in [-0.25, -0.2) is 4.79 Å². The number of nitrogens with two attached hydrogens (primary N) is 1. The van der Waals surface area contributed by atoms with Gasteiger partial charge in [0.2, 0.25) is 11.8 Å². The molecule has 13 nitrogen and oxygen atoms in total. The lowest BCUT2D eigenvalue weighted by Crippen LogP contribution is -2.55. The number of rotatable bonds is 8. The van der Waals surface area contributed by atoms with Crippen LogP contribution in [0.3, 0.4) is 0 Å². The highest BCUT2D eigenvalue weighted by atomic mass is 16.6. The number of hydrogen-bond acceptors (Lipinski definition) is 11. The first-order valence-corrected chi connectivity index (χ1v) is 15.2. The molecule has 6 rings (SSSR count). The number of likely N-dealkylation sites (tertiary alicyclic amines) is 1. The third-order valence-electron chi connectivity index (χ3n) is 8.87. The first-order chi connectivity index (χ1) is 21.8. The maximum Gasteiger partial charge on any atom is 0.411 e. The van der Waals surface area contributed by atoms with Crippen LogP contribution < -0.4 is 25.0 Å². The van der Waals surface area contributed by atoms with Crippen molar-refractivity contribution in [3.05, 3.63) is 54.2 Å². The zero-order valence-corrected chi connectivity index (χ0v) is 25.4. The summed E-state index contributed by atoms with van der Waals surface area (Å²) < 4.78 is 11.4. The number of benzene rings is 1. The molecular weight excluding hydrogens is 574 g/mol. The number of anilines is 2. The number of aromatic nitrogens is 3. The zero-order chi connectivity index (χ0) is 31.5. The zero-order valence-electron chi connectivity index (χ0n) is 25.4. The van der Waals surface area contributed by atoms with E-state index in [2.05, 4.69) is 39.4 Å². The summed E-state index contributed by atoms with van der Waals surface area (Å²) >= 11 is 0. The van der Waals surface area contributed by atoms with Crippen molar-refractivity contribution in [1.82, 2.24) is 24.8 Å². The number of nitriles is 1. The highest BCUT2D eigenvalue weighted by molar-refractivity contribution is 5.93. The number of fused-ring (bicyclic) bond motifs is 2. The predicted molar refractivity (Wildman–Crippen MR) is 168 cm³/mol. The van der Waals surface area contributed by atoms with Gasteiger partial charge in [-0.3, -0.25) is 4.79 Å². The average Bonchev–Trinajstić information content (AvgIpc) is 3.46. The summed E-state index contributed by atoms with van der Waals surface area (Å²) in [5.41, 5.74) is 7.13. The summed E-state index contributed by atoms with van der Waals surface area (Å²) in [4.78, 5) is 46.9. The largest absolute Gasteiger partial charge is 0.462 e. The number of pyridine rings is 1. The standard InChI is InChI=1S/C32H37N9O4/c1-3-28(42)41-16-15-40(18-22(41)10-12-33)30-25-11-14-39(19-26(25)35-32(37-30)44-20-23-8-6-13-38(23)2)29-24-9-5-4-7-21(24)17-27(36-29)45-31(34)43/h3-5,7,9,17,22-23H,1,6,8,10-11,13-16,18-20H2,2H3,(H2,34,43)/t22-,23-/m0/s1. The van der Waals surface area contributed by atoms with Crippen molar-refractivity contribution >= 4 is 34.4 Å². The van der Waals surface area contributed by atoms with E-state index >= 15 is 0 Å². The molecule has 3 aliphatic heterocycles. The van der Waals surface area contributed by atoms with Gasteiger partial charge < -0.3 is 34.8 Å². The molecule has 0 bridgehead atoms. The van der Waals surface area contributed by atoms with Crippen molar-refractivity contribution < 1.29 is 19.1 Å². The van der Waals surface area contributed by atoms with E-state index in [-0.39, 0.29) is 24.2 Å². The molecule has 3 aromatic rings. The second-order valence-electron chi connectivity index (χ2n) is 11.6. The molecule has 0 unspecified atom stereocenters. The van der Waals surface area contributed by atoms with E-state index < -0.39 is 6.09 Å². The Hall–Kier alpha value is -4.96.